The van der Waals surface area contributed by atoms with Crippen LogP contribution in [-0.4, -0.2) is 20.3 Å². The van der Waals surface area contributed by atoms with E-state index in [4.69, 9.17) is 0 Å². The second-order valence-electron chi connectivity index (χ2n) is 0.697. The lowest BCUT2D eigenvalue weighted by Crippen LogP contribution is -2.10. The summed E-state index contributed by atoms with van der Waals surface area (Å²) in [7, 11) is 1.51. The van der Waals surface area contributed by atoms with Gasteiger partial charge in [0.1, 0.15) is 0 Å². The van der Waals surface area contributed by atoms with E-state index in [9.17, 15) is 5.11 Å². The van der Waals surface area contributed by atoms with Crippen LogP contribution >= 0.6 is 0 Å². The Hall–Kier alpha value is -0.0800. The molecule has 0 heterocycles. The molecule has 0 fully saturated rings. The van der Waals surface area contributed by atoms with Crippen LogP contribution in [0.5, 0.6) is 0 Å². The van der Waals surface area contributed by atoms with E-state index in [1.807, 2.05) is 0 Å². The standard InChI is InChI=1S/C3H7O2/c1-5-3-2-4/h2-3H2,1H3/q-1. The third kappa shape index (κ3) is 3.92. The van der Waals surface area contributed by atoms with E-state index in [2.05, 4.69) is 4.74 Å². The van der Waals surface area contributed by atoms with Crippen molar-refractivity contribution in [2.45, 2.75) is 0 Å². The van der Waals surface area contributed by atoms with Crippen molar-refractivity contribution in [2.75, 3.05) is 20.3 Å². The van der Waals surface area contributed by atoms with Crippen molar-refractivity contribution in [2.24, 2.45) is 0 Å². The summed E-state index contributed by atoms with van der Waals surface area (Å²) in [5.74, 6) is 0. The van der Waals surface area contributed by atoms with Crippen LogP contribution in [0.3, 0.4) is 0 Å². The van der Waals surface area contributed by atoms with Gasteiger partial charge in [-0.1, -0.05) is 0 Å². The van der Waals surface area contributed by atoms with Crippen molar-refractivity contribution < 1.29 is 9.84 Å². The molecule has 0 amide bonds. The highest BCUT2D eigenvalue weighted by atomic mass is 16.5. The number of rotatable bonds is 2. The summed E-state index contributed by atoms with van der Waals surface area (Å²) in [6.07, 6.45) is 0. The van der Waals surface area contributed by atoms with Gasteiger partial charge in [-0.3, -0.25) is 0 Å². The van der Waals surface area contributed by atoms with Gasteiger partial charge in [0.15, 0.2) is 0 Å². The van der Waals surface area contributed by atoms with E-state index in [1.165, 1.54) is 7.11 Å². The molecule has 2 nitrogen and oxygen atoms in total. The lowest BCUT2D eigenvalue weighted by Gasteiger charge is -1.96. The minimum atomic E-state index is -0.128. The molecule has 0 atom stereocenters. The molecule has 0 aromatic heterocycles. The maximum absolute atomic E-state index is 9.40. The normalized spacial score (nSPS) is 8.40. The molecule has 2 heteroatoms. The van der Waals surface area contributed by atoms with Crippen molar-refractivity contribution in [3.8, 4) is 0 Å². The van der Waals surface area contributed by atoms with Crippen molar-refractivity contribution >= 4 is 0 Å². The topological polar surface area (TPSA) is 32.3 Å². The van der Waals surface area contributed by atoms with E-state index in [0.717, 1.165) is 0 Å². The van der Waals surface area contributed by atoms with Crippen molar-refractivity contribution in [1.29, 1.82) is 0 Å². The van der Waals surface area contributed by atoms with E-state index in [-0.39, 0.29) is 6.61 Å². The van der Waals surface area contributed by atoms with Crippen LogP contribution in [0.25, 0.3) is 0 Å². The first kappa shape index (κ1) is 4.92. The zero-order valence-corrected chi connectivity index (χ0v) is 3.23. The summed E-state index contributed by atoms with van der Waals surface area (Å²) in [6.45, 7) is 0.205. The third-order valence-corrected chi connectivity index (χ3v) is 0.287. The largest absolute Gasteiger partial charge is 0.853 e. The van der Waals surface area contributed by atoms with Crippen LogP contribution in [0.1, 0.15) is 0 Å². The monoisotopic (exact) mass is 75.0 g/mol. The van der Waals surface area contributed by atoms with Crippen LogP contribution in [0.15, 0.2) is 0 Å². The first-order valence-corrected chi connectivity index (χ1v) is 1.49. The van der Waals surface area contributed by atoms with Gasteiger partial charge >= 0.3 is 0 Å². The Morgan fingerprint density at radius 2 is 2.40 bits per heavy atom. The van der Waals surface area contributed by atoms with Gasteiger partial charge in [0.05, 0.1) is 0 Å². The lowest BCUT2D eigenvalue weighted by molar-refractivity contribution is -0.373. The molecule has 0 saturated carbocycles. The SMILES string of the molecule is COCC[O-]. The van der Waals surface area contributed by atoms with E-state index >= 15 is 0 Å². The molecule has 0 bridgehead atoms. The maximum Gasteiger partial charge on any atom is 0.0354 e. The highest BCUT2D eigenvalue weighted by molar-refractivity contribution is 4.10. The maximum atomic E-state index is 9.40. The molecular weight excluding hydrogens is 68.0 g/mol. The van der Waals surface area contributed by atoms with Crippen LogP contribution in [0.2, 0.25) is 0 Å². The summed E-state index contributed by atoms with van der Waals surface area (Å²) in [6, 6.07) is 0. The van der Waals surface area contributed by atoms with Gasteiger partial charge in [-0.25, -0.2) is 0 Å². The average molecular weight is 75.1 g/mol. The number of methoxy groups -OCH3 is 1. The molecule has 0 unspecified atom stereocenters. The zero-order chi connectivity index (χ0) is 4.12. The van der Waals surface area contributed by atoms with Gasteiger partial charge in [-0.15, -0.1) is 6.61 Å². The number of ether oxygens (including phenoxy) is 1. The van der Waals surface area contributed by atoms with E-state index < -0.39 is 0 Å². The fraction of sp³-hybridized carbons (Fsp3) is 1.00. The van der Waals surface area contributed by atoms with Crippen LogP contribution in [0, 0.1) is 0 Å². The molecule has 0 rings (SSSR count). The van der Waals surface area contributed by atoms with Gasteiger partial charge in [0.25, 0.3) is 0 Å². The minimum Gasteiger partial charge on any atom is -0.853 e. The molecule has 5 heavy (non-hydrogen) atoms. The first-order valence-electron chi connectivity index (χ1n) is 1.49. The fourth-order valence-electron chi connectivity index (χ4n) is 0.0833. The van der Waals surface area contributed by atoms with E-state index in [1.54, 1.807) is 0 Å². The second-order valence-corrected chi connectivity index (χ2v) is 0.697. The molecule has 0 aliphatic carbocycles. The van der Waals surface area contributed by atoms with Crippen molar-refractivity contribution in [3.63, 3.8) is 0 Å². The molecule has 32 valence electrons. The van der Waals surface area contributed by atoms with Gasteiger partial charge in [0.2, 0.25) is 0 Å². The highest BCUT2D eigenvalue weighted by Gasteiger charge is 1.58. The average Bonchev–Trinajstić information content (AvgIpc) is 1.41. The molecule has 0 spiro atoms. The Morgan fingerprint density at radius 3 is 2.40 bits per heavy atom. The third-order valence-electron chi connectivity index (χ3n) is 0.287. The quantitative estimate of drug-likeness (QED) is 0.421. The summed E-state index contributed by atoms with van der Waals surface area (Å²) in [4.78, 5) is 0. The van der Waals surface area contributed by atoms with Crippen molar-refractivity contribution in [3.05, 3.63) is 0 Å². The van der Waals surface area contributed by atoms with E-state index in [0.29, 0.717) is 6.61 Å². The smallest absolute Gasteiger partial charge is 0.0354 e. The molecule has 0 aliphatic rings. The fourth-order valence-corrected chi connectivity index (χ4v) is 0.0833. The molecule has 0 N–H and O–H groups in total. The molecule has 0 aromatic carbocycles. The Bertz CT molecular complexity index is 12.4. The molecule has 0 radical (unpaired) electrons. The predicted molar refractivity (Wildman–Crippen MR) is 16.7 cm³/mol. The van der Waals surface area contributed by atoms with Gasteiger partial charge in [-0.2, -0.15) is 0 Å². The first-order chi connectivity index (χ1) is 2.41. The number of hydrogen-bond donors (Lipinski definition) is 0. The van der Waals surface area contributed by atoms with Crippen LogP contribution in [-0.2, 0) is 4.74 Å². The van der Waals surface area contributed by atoms with Crippen LogP contribution in [0.4, 0.5) is 0 Å². The summed E-state index contributed by atoms with van der Waals surface area (Å²) < 4.78 is 4.38. The summed E-state index contributed by atoms with van der Waals surface area (Å²) in [5, 5.41) is 9.40. The summed E-state index contributed by atoms with van der Waals surface area (Å²) in [5.41, 5.74) is 0. The van der Waals surface area contributed by atoms with Gasteiger partial charge in [0, 0.05) is 13.7 Å². The minimum absolute atomic E-state index is 0.128. The van der Waals surface area contributed by atoms with Crippen LogP contribution < -0.4 is 5.11 Å². The molecule has 0 saturated heterocycles. The molecule has 0 aliphatic heterocycles. The molecular formula is C3H7O2-. The number of hydrogen-bond acceptors (Lipinski definition) is 2. The van der Waals surface area contributed by atoms with Gasteiger partial charge in [-0.05, 0) is 0 Å². The Labute approximate surface area is 31.4 Å². The van der Waals surface area contributed by atoms with Crippen molar-refractivity contribution in [1.82, 2.24) is 0 Å². The highest BCUT2D eigenvalue weighted by Crippen LogP contribution is 1.52. The zero-order valence-electron chi connectivity index (χ0n) is 3.23. The molecule has 0 aromatic rings. The summed E-state index contributed by atoms with van der Waals surface area (Å²) >= 11 is 0. The second kappa shape index (κ2) is 3.92. The Balaban J connectivity index is 2.19. The lowest BCUT2D eigenvalue weighted by atomic mass is 10.8. The predicted octanol–water partition coefficient (Wildman–Crippen LogP) is -1.01. The Kier molecular flexibility index (Phi) is 3.86. The van der Waals surface area contributed by atoms with Gasteiger partial charge < -0.3 is 9.84 Å². The Morgan fingerprint density at radius 1 is 1.80 bits per heavy atom.